The predicted molar refractivity (Wildman–Crippen MR) is 90.9 cm³/mol. The van der Waals surface area contributed by atoms with Gasteiger partial charge in [-0.05, 0) is 37.1 Å². The van der Waals surface area contributed by atoms with Gasteiger partial charge in [-0.15, -0.1) is 6.42 Å². The smallest absolute Gasteiger partial charge is 0.411 e. The Morgan fingerprint density at radius 2 is 2.12 bits per heavy atom. The molecule has 0 radical (unpaired) electrons. The maximum absolute atomic E-state index is 12.0. The van der Waals surface area contributed by atoms with Gasteiger partial charge in [0, 0.05) is 24.1 Å². The van der Waals surface area contributed by atoms with Crippen molar-refractivity contribution < 1.29 is 19.2 Å². The summed E-state index contributed by atoms with van der Waals surface area (Å²) in [6, 6.07) is 7.13. The lowest BCUT2D eigenvalue weighted by molar-refractivity contribution is -0.945. The second-order valence-corrected chi connectivity index (χ2v) is 6.72. The summed E-state index contributed by atoms with van der Waals surface area (Å²) in [7, 11) is 0. The monoisotopic (exact) mass is 327 g/mol. The average Bonchev–Trinajstić information content (AvgIpc) is 2.60. The molecule has 3 heterocycles. The third kappa shape index (κ3) is 3.60. The van der Waals surface area contributed by atoms with Gasteiger partial charge in [0.1, 0.15) is 12.6 Å². The van der Waals surface area contributed by atoms with Gasteiger partial charge >= 0.3 is 6.09 Å². The number of hydrogen-bond acceptors (Lipinski definition) is 3. The van der Waals surface area contributed by atoms with Crippen LogP contribution in [-0.2, 0) is 4.74 Å². The molecule has 3 aliphatic heterocycles. The van der Waals surface area contributed by atoms with Gasteiger partial charge in [-0.2, -0.15) is 0 Å². The topological polar surface area (TPSA) is 59.8 Å². The highest BCUT2D eigenvalue weighted by molar-refractivity contribution is 5.94. The quantitative estimate of drug-likeness (QED) is 0.648. The van der Waals surface area contributed by atoms with Crippen LogP contribution in [0.2, 0.25) is 0 Å². The molecule has 1 unspecified atom stereocenters. The summed E-state index contributed by atoms with van der Waals surface area (Å²) in [6.07, 6.45) is 7.34. The van der Waals surface area contributed by atoms with Crippen LogP contribution in [0.25, 0.3) is 0 Å². The van der Waals surface area contributed by atoms with Crippen LogP contribution in [0.4, 0.5) is 10.5 Å². The Balaban J connectivity index is 1.48. The fourth-order valence-electron chi connectivity index (χ4n) is 3.81. The highest BCUT2D eigenvalue weighted by Crippen LogP contribution is 2.26. The molecule has 4 rings (SSSR count). The van der Waals surface area contributed by atoms with Crippen LogP contribution in [0.3, 0.4) is 0 Å². The van der Waals surface area contributed by atoms with Gasteiger partial charge in [0.05, 0.1) is 19.0 Å². The Morgan fingerprint density at radius 3 is 2.71 bits per heavy atom. The van der Waals surface area contributed by atoms with Gasteiger partial charge in [-0.3, -0.25) is 10.1 Å². The third-order valence-electron chi connectivity index (χ3n) is 5.22. The van der Waals surface area contributed by atoms with Gasteiger partial charge in [-0.1, -0.05) is 5.92 Å². The summed E-state index contributed by atoms with van der Waals surface area (Å²) >= 11 is 0. The van der Waals surface area contributed by atoms with E-state index in [9.17, 15) is 9.59 Å². The summed E-state index contributed by atoms with van der Waals surface area (Å²) in [4.78, 5) is 24.7. The molecule has 3 fully saturated rings. The number of hydrogen-bond donors (Lipinski definition) is 2. The van der Waals surface area contributed by atoms with Crippen molar-refractivity contribution in [3.63, 3.8) is 0 Å². The van der Waals surface area contributed by atoms with Crippen LogP contribution >= 0.6 is 0 Å². The number of benzene rings is 1. The zero-order valence-corrected chi connectivity index (χ0v) is 13.9. The number of piperidine rings is 3. The van der Waals surface area contributed by atoms with E-state index < -0.39 is 6.09 Å². The van der Waals surface area contributed by atoms with Gasteiger partial charge in [-0.25, -0.2) is 4.79 Å². The summed E-state index contributed by atoms with van der Waals surface area (Å²) in [6.45, 7) is 4.03. The molecule has 2 N–H and O–H groups in total. The number of fused-ring (bicyclic) bond motifs is 3. The molecule has 1 aromatic rings. The zero-order valence-electron chi connectivity index (χ0n) is 13.9. The SMILES string of the molecule is C#C[C@H]1C[NH+]2CC[C@H]1C[C@@H]2COC(=O)Nc1ccc(C(C)=O)cc1. The van der Waals surface area contributed by atoms with E-state index in [4.69, 9.17) is 11.2 Å². The number of ketones is 1. The van der Waals surface area contributed by atoms with Crippen LogP contribution in [0.5, 0.6) is 0 Å². The minimum atomic E-state index is -0.457. The predicted octanol–water partition coefficient (Wildman–Crippen LogP) is 1.36. The number of quaternary nitrogens is 1. The fourth-order valence-corrected chi connectivity index (χ4v) is 3.81. The summed E-state index contributed by atoms with van der Waals surface area (Å²) in [5, 5.41) is 2.70. The molecule has 1 amide bonds. The number of carbonyl (C=O) groups is 2. The molecule has 24 heavy (non-hydrogen) atoms. The van der Waals surface area contributed by atoms with E-state index in [1.807, 2.05) is 0 Å². The van der Waals surface area contributed by atoms with E-state index in [2.05, 4.69) is 11.2 Å². The number of carbonyl (C=O) groups excluding carboxylic acids is 2. The lowest BCUT2D eigenvalue weighted by Crippen LogP contribution is -3.20. The first kappa shape index (κ1) is 16.5. The van der Waals surface area contributed by atoms with E-state index in [1.165, 1.54) is 18.2 Å². The number of nitrogens with one attached hydrogen (secondary N) is 2. The zero-order chi connectivity index (χ0) is 17.1. The number of anilines is 1. The second-order valence-electron chi connectivity index (χ2n) is 6.72. The first-order valence-corrected chi connectivity index (χ1v) is 8.42. The van der Waals surface area contributed by atoms with Crippen molar-refractivity contribution >= 4 is 17.6 Å². The molecule has 5 heteroatoms. The molecule has 126 valence electrons. The minimum absolute atomic E-state index is 0.00113. The Hall–Kier alpha value is -2.32. The first-order valence-electron chi connectivity index (χ1n) is 8.42. The summed E-state index contributed by atoms with van der Waals surface area (Å²) in [5.41, 5.74) is 1.24. The maximum atomic E-state index is 12.0. The Bertz CT molecular complexity index is 662. The van der Waals surface area contributed by atoms with Crippen LogP contribution in [0.1, 0.15) is 30.1 Å². The van der Waals surface area contributed by atoms with Gasteiger partial charge in [0.15, 0.2) is 5.78 Å². The Labute approximate surface area is 142 Å². The standard InChI is InChI=1S/C19H22N2O3/c1-3-14-11-21-9-8-16(14)10-18(21)12-24-19(23)20-17-6-4-15(5-7-17)13(2)22/h1,4-7,14,16,18H,8-12H2,2H3,(H,20,23)/p+1/t14-,16-,18+/m0/s1. The first-order chi connectivity index (χ1) is 11.6. The van der Waals surface area contributed by atoms with Crippen molar-refractivity contribution in [3.8, 4) is 12.3 Å². The molecule has 0 aliphatic carbocycles. The molecule has 2 bridgehead atoms. The fraction of sp³-hybridized carbons (Fsp3) is 0.474. The Morgan fingerprint density at radius 1 is 1.38 bits per heavy atom. The Kier molecular flexibility index (Phi) is 4.86. The number of terminal acetylenes is 1. The molecular weight excluding hydrogens is 304 g/mol. The number of ether oxygens (including phenoxy) is 1. The van der Waals surface area contributed by atoms with Crippen LogP contribution in [0.15, 0.2) is 24.3 Å². The van der Waals surface area contributed by atoms with Crippen LogP contribution in [0, 0.1) is 24.2 Å². The van der Waals surface area contributed by atoms with E-state index in [0.717, 1.165) is 19.5 Å². The van der Waals surface area contributed by atoms with E-state index in [1.54, 1.807) is 24.3 Å². The van der Waals surface area contributed by atoms with Crippen molar-refractivity contribution in [2.75, 3.05) is 25.0 Å². The van der Waals surface area contributed by atoms with Crippen LogP contribution < -0.4 is 10.2 Å². The number of Topliss-reactive ketones (excluding diaryl/α,β-unsaturated/α-hetero) is 1. The minimum Gasteiger partial charge on any atom is -0.443 e. The van der Waals surface area contributed by atoms with Crippen molar-refractivity contribution in [2.24, 2.45) is 11.8 Å². The van der Waals surface area contributed by atoms with Crippen molar-refractivity contribution in [3.05, 3.63) is 29.8 Å². The molecule has 0 saturated carbocycles. The largest absolute Gasteiger partial charge is 0.443 e. The second kappa shape index (κ2) is 7.06. The van der Waals surface area contributed by atoms with Gasteiger partial charge in [0.25, 0.3) is 0 Å². The van der Waals surface area contributed by atoms with E-state index in [0.29, 0.717) is 35.7 Å². The third-order valence-corrected chi connectivity index (χ3v) is 5.22. The van der Waals surface area contributed by atoms with Gasteiger partial charge in [0.2, 0.25) is 0 Å². The molecule has 0 aromatic heterocycles. The summed E-state index contributed by atoms with van der Waals surface area (Å²) < 4.78 is 5.40. The molecule has 0 spiro atoms. The summed E-state index contributed by atoms with van der Waals surface area (Å²) in [5.74, 6) is 3.85. The highest BCUT2D eigenvalue weighted by atomic mass is 16.5. The molecule has 3 aliphatic rings. The molecular formula is C19H23N2O3+. The lowest BCUT2D eigenvalue weighted by Gasteiger charge is -2.44. The van der Waals surface area contributed by atoms with Crippen molar-refractivity contribution in [2.45, 2.75) is 25.8 Å². The lowest BCUT2D eigenvalue weighted by atomic mass is 9.76. The maximum Gasteiger partial charge on any atom is 0.411 e. The molecule has 1 aromatic carbocycles. The normalized spacial score (nSPS) is 28.0. The molecule has 3 saturated heterocycles. The number of amides is 1. The van der Waals surface area contributed by atoms with Crippen molar-refractivity contribution in [1.29, 1.82) is 0 Å². The molecule has 4 atom stereocenters. The van der Waals surface area contributed by atoms with Crippen LogP contribution in [-0.4, -0.2) is 37.6 Å². The van der Waals surface area contributed by atoms with Gasteiger partial charge < -0.3 is 9.64 Å². The van der Waals surface area contributed by atoms with Crippen molar-refractivity contribution in [1.82, 2.24) is 0 Å². The van der Waals surface area contributed by atoms with E-state index >= 15 is 0 Å². The highest BCUT2D eigenvalue weighted by Gasteiger charge is 2.43. The van der Waals surface area contributed by atoms with E-state index in [-0.39, 0.29) is 5.78 Å². The molecule has 5 nitrogen and oxygen atoms in total. The average molecular weight is 327 g/mol. The number of rotatable bonds is 4.